The van der Waals surface area contributed by atoms with Gasteiger partial charge in [0.1, 0.15) is 0 Å². The van der Waals surface area contributed by atoms with Crippen molar-refractivity contribution >= 4 is 11.6 Å². The van der Waals surface area contributed by atoms with Gasteiger partial charge in [0, 0.05) is 25.2 Å². The third-order valence-corrected chi connectivity index (χ3v) is 4.37. The maximum atomic E-state index is 12.3. The highest BCUT2D eigenvalue weighted by molar-refractivity contribution is 5.76. The predicted molar refractivity (Wildman–Crippen MR) is 83.4 cm³/mol. The van der Waals surface area contributed by atoms with E-state index in [0.717, 1.165) is 12.1 Å². The molecule has 0 heterocycles. The van der Waals surface area contributed by atoms with Crippen LogP contribution in [0.1, 0.15) is 50.5 Å². The van der Waals surface area contributed by atoms with Gasteiger partial charge in [-0.1, -0.05) is 37.8 Å². The summed E-state index contributed by atoms with van der Waals surface area (Å²) in [5.41, 5.74) is 7.62. The maximum absolute atomic E-state index is 12.3. The van der Waals surface area contributed by atoms with E-state index in [1.165, 1.54) is 44.1 Å². The molecule has 1 aromatic rings. The largest absolute Gasteiger partial charge is 0.399 e. The fourth-order valence-corrected chi connectivity index (χ4v) is 2.96. The molecule has 2 rings (SSSR count). The molecular weight excluding hydrogens is 248 g/mol. The Labute approximate surface area is 122 Å². The molecule has 0 unspecified atom stereocenters. The van der Waals surface area contributed by atoms with Crippen LogP contribution in [-0.4, -0.2) is 23.9 Å². The number of anilines is 1. The lowest BCUT2D eigenvalue weighted by Crippen LogP contribution is -2.36. The average molecular weight is 274 g/mol. The zero-order valence-electron chi connectivity index (χ0n) is 12.5. The lowest BCUT2D eigenvalue weighted by molar-refractivity contribution is -0.132. The number of carbonyl (C=O) groups is 1. The topological polar surface area (TPSA) is 46.3 Å². The number of hydrogen-bond acceptors (Lipinski definition) is 2. The van der Waals surface area contributed by atoms with Crippen LogP contribution in [0.3, 0.4) is 0 Å². The number of rotatable bonds is 4. The van der Waals surface area contributed by atoms with Crippen LogP contribution in [0.25, 0.3) is 0 Å². The standard InChI is InChI=1S/C17H26N2O/c1-19(16-6-4-2-3-5-7-16)17(20)13-10-14-8-11-15(18)12-9-14/h8-9,11-12,16H,2-7,10,13,18H2,1H3. The molecule has 3 nitrogen and oxygen atoms in total. The third kappa shape index (κ3) is 4.26. The van der Waals surface area contributed by atoms with Crippen molar-refractivity contribution in [2.45, 2.75) is 57.4 Å². The first-order chi connectivity index (χ1) is 9.66. The highest BCUT2D eigenvalue weighted by Crippen LogP contribution is 2.21. The number of carbonyl (C=O) groups excluding carboxylic acids is 1. The average Bonchev–Trinajstić information content (AvgIpc) is 2.74. The Morgan fingerprint density at radius 3 is 2.35 bits per heavy atom. The SMILES string of the molecule is CN(C(=O)CCc1ccc(N)cc1)C1CCCCCC1. The summed E-state index contributed by atoms with van der Waals surface area (Å²) in [5, 5.41) is 0. The van der Waals surface area contributed by atoms with Crippen LogP contribution in [0.15, 0.2) is 24.3 Å². The van der Waals surface area contributed by atoms with E-state index in [4.69, 9.17) is 5.73 Å². The lowest BCUT2D eigenvalue weighted by Gasteiger charge is -2.27. The number of aryl methyl sites for hydroxylation is 1. The third-order valence-electron chi connectivity index (χ3n) is 4.37. The first-order valence-electron chi connectivity index (χ1n) is 7.77. The van der Waals surface area contributed by atoms with Crippen LogP contribution < -0.4 is 5.73 Å². The van der Waals surface area contributed by atoms with Gasteiger partial charge in [-0.05, 0) is 37.0 Å². The molecule has 0 aliphatic heterocycles. The Morgan fingerprint density at radius 2 is 1.75 bits per heavy atom. The number of benzene rings is 1. The van der Waals surface area contributed by atoms with Gasteiger partial charge in [-0.25, -0.2) is 0 Å². The minimum absolute atomic E-state index is 0.272. The van der Waals surface area contributed by atoms with Gasteiger partial charge in [-0.2, -0.15) is 0 Å². The van der Waals surface area contributed by atoms with Gasteiger partial charge in [0.15, 0.2) is 0 Å². The monoisotopic (exact) mass is 274 g/mol. The highest BCUT2D eigenvalue weighted by atomic mass is 16.2. The maximum Gasteiger partial charge on any atom is 0.222 e. The van der Waals surface area contributed by atoms with Crippen LogP contribution in [-0.2, 0) is 11.2 Å². The van der Waals surface area contributed by atoms with Crippen molar-refractivity contribution < 1.29 is 4.79 Å². The molecule has 0 radical (unpaired) electrons. The van der Waals surface area contributed by atoms with Crippen LogP contribution >= 0.6 is 0 Å². The summed E-state index contributed by atoms with van der Waals surface area (Å²) >= 11 is 0. The molecule has 0 atom stereocenters. The Kier molecular flexibility index (Phi) is 5.45. The molecule has 110 valence electrons. The zero-order valence-corrected chi connectivity index (χ0v) is 12.5. The van der Waals surface area contributed by atoms with Crippen molar-refractivity contribution in [1.29, 1.82) is 0 Å². The van der Waals surface area contributed by atoms with E-state index in [1.807, 2.05) is 36.2 Å². The summed E-state index contributed by atoms with van der Waals surface area (Å²) in [5.74, 6) is 0.272. The molecule has 1 aliphatic rings. The number of hydrogen-bond donors (Lipinski definition) is 1. The van der Waals surface area contributed by atoms with Gasteiger partial charge in [-0.3, -0.25) is 4.79 Å². The molecule has 0 saturated heterocycles. The Bertz CT molecular complexity index is 419. The first kappa shape index (κ1) is 14.9. The Hall–Kier alpha value is -1.51. The van der Waals surface area contributed by atoms with Gasteiger partial charge >= 0.3 is 0 Å². The predicted octanol–water partition coefficient (Wildman–Crippen LogP) is 3.38. The summed E-state index contributed by atoms with van der Waals surface area (Å²) in [7, 11) is 1.97. The minimum atomic E-state index is 0.272. The van der Waals surface area contributed by atoms with Crippen molar-refractivity contribution in [3.63, 3.8) is 0 Å². The van der Waals surface area contributed by atoms with Crippen LogP contribution in [0.5, 0.6) is 0 Å². The molecule has 1 amide bonds. The summed E-state index contributed by atoms with van der Waals surface area (Å²) in [6.45, 7) is 0. The van der Waals surface area contributed by atoms with Crippen LogP contribution in [0.2, 0.25) is 0 Å². The van der Waals surface area contributed by atoms with Gasteiger partial charge in [0.25, 0.3) is 0 Å². The summed E-state index contributed by atoms with van der Waals surface area (Å²) in [6.07, 6.45) is 8.91. The van der Waals surface area contributed by atoms with Crippen molar-refractivity contribution in [1.82, 2.24) is 4.90 Å². The molecule has 0 spiro atoms. The molecule has 0 aromatic heterocycles. The van der Waals surface area contributed by atoms with Gasteiger partial charge in [0.2, 0.25) is 5.91 Å². The zero-order chi connectivity index (χ0) is 14.4. The number of nitrogens with zero attached hydrogens (tertiary/aromatic N) is 1. The second-order valence-electron chi connectivity index (χ2n) is 5.89. The van der Waals surface area contributed by atoms with Gasteiger partial charge in [-0.15, -0.1) is 0 Å². The Morgan fingerprint density at radius 1 is 1.15 bits per heavy atom. The normalized spacial score (nSPS) is 16.6. The molecule has 3 heteroatoms. The van der Waals surface area contributed by atoms with E-state index in [2.05, 4.69) is 0 Å². The number of nitrogens with two attached hydrogens (primary N) is 1. The molecular formula is C17H26N2O. The second kappa shape index (κ2) is 7.32. The van der Waals surface area contributed by atoms with E-state index in [0.29, 0.717) is 12.5 Å². The fourth-order valence-electron chi connectivity index (χ4n) is 2.96. The highest BCUT2D eigenvalue weighted by Gasteiger charge is 2.20. The van der Waals surface area contributed by atoms with Gasteiger partial charge in [0.05, 0.1) is 0 Å². The van der Waals surface area contributed by atoms with Crippen molar-refractivity contribution in [3.05, 3.63) is 29.8 Å². The summed E-state index contributed by atoms with van der Waals surface area (Å²) < 4.78 is 0. The quantitative estimate of drug-likeness (QED) is 0.676. The van der Waals surface area contributed by atoms with Crippen LogP contribution in [0.4, 0.5) is 5.69 Å². The minimum Gasteiger partial charge on any atom is -0.399 e. The lowest BCUT2D eigenvalue weighted by atomic mass is 10.1. The van der Waals surface area contributed by atoms with E-state index in [9.17, 15) is 4.79 Å². The molecule has 1 fully saturated rings. The number of amides is 1. The van der Waals surface area contributed by atoms with E-state index >= 15 is 0 Å². The number of nitrogen functional groups attached to an aromatic ring is 1. The smallest absolute Gasteiger partial charge is 0.222 e. The first-order valence-corrected chi connectivity index (χ1v) is 7.77. The van der Waals surface area contributed by atoms with Gasteiger partial charge < -0.3 is 10.6 Å². The van der Waals surface area contributed by atoms with E-state index in [1.54, 1.807) is 0 Å². The molecule has 20 heavy (non-hydrogen) atoms. The Balaban J connectivity index is 1.82. The second-order valence-corrected chi connectivity index (χ2v) is 5.89. The van der Waals surface area contributed by atoms with E-state index < -0.39 is 0 Å². The molecule has 1 saturated carbocycles. The summed E-state index contributed by atoms with van der Waals surface area (Å²) in [6, 6.07) is 8.27. The van der Waals surface area contributed by atoms with Crippen molar-refractivity contribution in [2.24, 2.45) is 0 Å². The molecule has 1 aromatic carbocycles. The van der Waals surface area contributed by atoms with Crippen molar-refractivity contribution in [2.75, 3.05) is 12.8 Å². The van der Waals surface area contributed by atoms with Crippen LogP contribution in [0, 0.1) is 0 Å². The van der Waals surface area contributed by atoms with Crippen molar-refractivity contribution in [3.8, 4) is 0 Å². The molecule has 0 bridgehead atoms. The fraction of sp³-hybridized carbons (Fsp3) is 0.588. The van der Waals surface area contributed by atoms with E-state index in [-0.39, 0.29) is 5.91 Å². The molecule has 2 N–H and O–H groups in total. The summed E-state index contributed by atoms with van der Waals surface area (Å²) in [4.78, 5) is 14.3. The molecule has 1 aliphatic carbocycles.